The van der Waals surface area contributed by atoms with Crippen molar-refractivity contribution in [1.29, 1.82) is 0 Å². The standard InChI is InChI=1S/C33H34NS.C9H16O2.Ir/c1-31(2,3)25-17-21(16-20-10-8-9-11-22(20)25)29-30-23(12-15-34-29)24-18-26-27(19-28(24)35-30)33(6,7)14-13-32(26,4)5;1-6(2)8(10)5-9(11)7(3)4;/h8-12,15,17-19H,13-14H2,1-7H3;5-7,10H,1-4H3;/q-1;;/b;8-5-;. The summed E-state index contributed by atoms with van der Waals surface area (Å²) >= 11 is 1.89. The Kier molecular flexibility index (Phi) is 10.7. The normalized spacial score (nSPS) is 15.8. The fraction of sp³-hybridized carbons (Fsp3) is 0.429. The Morgan fingerprint density at radius 1 is 0.894 bits per heavy atom. The zero-order valence-electron chi connectivity index (χ0n) is 29.9. The molecule has 251 valence electrons. The van der Waals surface area contributed by atoms with Gasteiger partial charge in [0.1, 0.15) is 0 Å². The zero-order valence-corrected chi connectivity index (χ0v) is 33.1. The van der Waals surface area contributed by atoms with Crippen LogP contribution < -0.4 is 0 Å². The van der Waals surface area contributed by atoms with Gasteiger partial charge in [-0.1, -0.05) is 105 Å². The van der Waals surface area contributed by atoms with E-state index in [4.69, 9.17) is 4.98 Å². The number of nitrogens with zero attached hydrogens (tertiary/aromatic N) is 1. The van der Waals surface area contributed by atoms with Crippen molar-refractivity contribution in [3.8, 4) is 11.3 Å². The van der Waals surface area contributed by atoms with Gasteiger partial charge in [-0.2, -0.15) is 0 Å². The van der Waals surface area contributed by atoms with Gasteiger partial charge < -0.3 is 5.11 Å². The fourth-order valence-electron chi connectivity index (χ4n) is 6.41. The van der Waals surface area contributed by atoms with Gasteiger partial charge in [0.2, 0.25) is 0 Å². The van der Waals surface area contributed by atoms with Crippen LogP contribution >= 0.6 is 11.3 Å². The summed E-state index contributed by atoms with van der Waals surface area (Å²) in [5.74, 6) is 0.161. The molecule has 1 N–H and O–H groups in total. The monoisotopic (exact) mass is 825 g/mol. The van der Waals surface area contributed by atoms with Gasteiger partial charge in [-0.25, -0.2) is 0 Å². The maximum atomic E-state index is 11.0. The molecule has 0 aliphatic heterocycles. The third kappa shape index (κ3) is 7.43. The predicted octanol–water partition coefficient (Wildman–Crippen LogP) is 12.0. The van der Waals surface area contributed by atoms with Crippen LogP contribution in [0.25, 0.3) is 42.2 Å². The van der Waals surface area contributed by atoms with E-state index < -0.39 is 0 Å². The molecule has 5 heteroatoms. The molecule has 2 aromatic heterocycles. The van der Waals surface area contributed by atoms with Crippen LogP contribution in [0, 0.1) is 17.9 Å². The smallest absolute Gasteiger partial charge is 0.161 e. The van der Waals surface area contributed by atoms with E-state index in [2.05, 4.69) is 103 Å². The topological polar surface area (TPSA) is 50.2 Å². The Balaban J connectivity index is 0.000000361. The Labute approximate surface area is 299 Å². The minimum Gasteiger partial charge on any atom is -0.512 e. The van der Waals surface area contributed by atoms with Crippen molar-refractivity contribution >= 4 is 48.1 Å². The summed E-state index contributed by atoms with van der Waals surface area (Å²) in [6, 6.07) is 21.9. The Bertz CT molecular complexity index is 1970. The fourth-order valence-corrected chi connectivity index (χ4v) is 7.63. The van der Waals surface area contributed by atoms with Crippen molar-refractivity contribution in [3.05, 3.63) is 89.3 Å². The summed E-state index contributed by atoms with van der Waals surface area (Å²) in [6.45, 7) is 23.8. The van der Waals surface area contributed by atoms with E-state index in [-0.39, 0.29) is 59.7 Å². The number of carbonyl (C=O) groups excluding carboxylic acids is 1. The number of pyridine rings is 1. The molecule has 5 aromatic rings. The number of aromatic nitrogens is 1. The Morgan fingerprint density at radius 2 is 1.51 bits per heavy atom. The molecule has 0 fully saturated rings. The quantitative estimate of drug-likeness (QED) is 0.112. The first-order valence-corrected chi connectivity index (χ1v) is 17.5. The number of carbonyl (C=O) groups is 1. The third-order valence-electron chi connectivity index (χ3n) is 9.65. The largest absolute Gasteiger partial charge is 0.512 e. The molecule has 1 radical (unpaired) electrons. The van der Waals surface area contributed by atoms with Crippen molar-refractivity contribution in [3.63, 3.8) is 0 Å². The van der Waals surface area contributed by atoms with Crippen LogP contribution in [0.1, 0.15) is 106 Å². The molecule has 6 rings (SSSR count). The average molecular weight is 825 g/mol. The van der Waals surface area contributed by atoms with Crippen LogP contribution in [0.15, 0.2) is 66.6 Å². The molecule has 0 saturated heterocycles. The Hall–Kier alpha value is -2.85. The van der Waals surface area contributed by atoms with Crippen LogP contribution in [0.3, 0.4) is 0 Å². The minimum absolute atomic E-state index is 0. The van der Waals surface area contributed by atoms with Crippen molar-refractivity contribution in [2.45, 2.75) is 105 Å². The molecule has 0 bridgehead atoms. The van der Waals surface area contributed by atoms with E-state index in [1.165, 1.54) is 61.2 Å². The average Bonchev–Trinajstić information content (AvgIpc) is 3.36. The number of rotatable bonds is 4. The molecule has 0 atom stereocenters. The number of thiophene rings is 1. The van der Waals surface area contributed by atoms with Gasteiger partial charge in [0.25, 0.3) is 0 Å². The van der Waals surface area contributed by atoms with Gasteiger partial charge in [0, 0.05) is 64.7 Å². The van der Waals surface area contributed by atoms with Crippen LogP contribution in [0.2, 0.25) is 0 Å². The SMILES string of the molecule is CC(C)(C)c1cc(-c2nccc3c2sc2cc4c(cc23)C(C)(C)CCC4(C)C)[c-]c2ccccc12.CC(C)C(=O)/C=C(\O)C(C)C.[Ir]. The van der Waals surface area contributed by atoms with Crippen molar-refractivity contribution < 1.29 is 30.0 Å². The molecule has 3 nitrogen and oxygen atoms in total. The molecule has 0 saturated carbocycles. The summed E-state index contributed by atoms with van der Waals surface area (Å²) < 4.78 is 2.64. The van der Waals surface area contributed by atoms with E-state index in [0.29, 0.717) is 0 Å². The number of hydrogen-bond donors (Lipinski definition) is 1. The third-order valence-corrected chi connectivity index (χ3v) is 10.8. The van der Waals surface area contributed by atoms with Gasteiger partial charge in [-0.15, -0.1) is 40.5 Å². The molecular formula is C42H50IrNO2S-. The van der Waals surface area contributed by atoms with Crippen molar-refractivity contribution in [2.75, 3.05) is 0 Å². The molecule has 0 unspecified atom stereocenters. The van der Waals surface area contributed by atoms with E-state index in [9.17, 15) is 9.90 Å². The van der Waals surface area contributed by atoms with Gasteiger partial charge in [0.15, 0.2) is 5.78 Å². The number of ketones is 1. The van der Waals surface area contributed by atoms with Gasteiger partial charge in [-0.3, -0.25) is 9.78 Å². The van der Waals surface area contributed by atoms with E-state index >= 15 is 0 Å². The van der Waals surface area contributed by atoms with Crippen LogP contribution in [0.5, 0.6) is 0 Å². The first kappa shape index (κ1) is 37.0. The molecule has 0 spiro atoms. The molecule has 47 heavy (non-hydrogen) atoms. The number of benzene rings is 3. The second-order valence-electron chi connectivity index (χ2n) is 16.0. The maximum Gasteiger partial charge on any atom is 0.161 e. The van der Waals surface area contributed by atoms with Crippen molar-refractivity contribution in [2.24, 2.45) is 11.8 Å². The molecule has 1 aliphatic rings. The summed E-state index contributed by atoms with van der Waals surface area (Å²) in [5, 5.41) is 14.3. The van der Waals surface area contributed by atoms with Gasteiger partial charge >= 0.3 is 0 Å². The summed E-state index contributed by atoms with van der Waals surface area (Å²) in [7, 11) is 0. The number of allylic oxidation sites excluding steroid dienone is 2. The summed E-state index contributed by atoms with van der Waals surface area (Å²) in [5.41, 5.74) is 6.99. The molecular weight excluding hydrogens is 775 g/mol. The first-order chi connectivity index (χ1) is 21.4. The number of fused-ring (bicyclic) bond motifs is 5. The van der Waals surface area contributed by atoms with Crippen LogP contribution in [-0.4, -0.2) is 15.9 Å². The summed E-state index contributed by atoms with van der Waals surface area (Å²) in [6.07, 6.45) is 5.76. The number of hydrogen-bond acceptors (Lipinski definition) is 4. The molecule has 2 heterocycles. The van der Waals surface area contributed by atoms with Gasteiger partial charge in [0.05, 0.1) is 5.76 Å². The molecule has 1 aliphatic carbocycles. The maximum absolute atomic E-state index is 11.0. The predicted molar refractivity (Wildman–Crippen MR) is 198 cm³/mol. The van der Waals surface area contributed by atoms with E-state index in [0.717, 1.165) is 16.6 Å². The van der Waals surface area contributed by atoms with E-state index in [1.54, 1.807) is 0 Å². The van der Waals surface area contributed by atoms with Gasteiger partial charge in [-0.05, 0) is 63.8 Å². The Morgan fingerprint density at radius 3 is 2.11 bits per heavy atom. The second-order valence-corrected chi connectivity index (χ2v) is 17.0. The van der Waals surface area contributed by atoms with Crippen LogP contribution in [-0.2, 0) is 41.1 Å². The summed E-state index contributed by atoms with van der Waals surface area (Å²) in [4.78, 5) is 16.0. The second kappa shape index (κ2) is 13.6. The van der Waals surface area contributed by atoms with Crippen LogP contribution in [0.4, 0.5) is 0 Å². The van der Waals surface area contributed by atoms with E-state index in [1.807, 2.05) is 45.2 Å². The van der Waals surface area contributed by atoms with Crippen molar-refractivity contribution in [1.82, 2.24) is 4.98 Å². The first-order valence-electron chi connectivity index (χ1n) is 16.7. The molecule has 3 aromatic carbocycles. The number of aliphatic hydroxyl groups excluding tert-OH is 1. The zero-order chi connectivity index (χ0) is 33.8. The minimum atomic E-state index is -0.0316. The molecule has 0 amide bonds. The number of aliphatic hydroxyl groups is 1.